The molecule has 0 aromatic heterocycles. The summed E-state index contributed by atoms with van der Waals surface area (Å²) in [7, 11) is 0. The highest BCUT2D eigenvalue weighted by Crippen LogP contribution is 2.38. The molecule has 3 rings (SSSR count). The van der Waals surface area contributed by atoms with Crippen LogP contribution < -0.4 is 10.2 Å². The zero-order valence-corrected chi connectivity index (χ0v) is 13.9. The van der Waals surface area contributed by atoms with Crippen molar-refractivity contribution in [3.8, 4) is 0 Å². The van der Waals surface area contributed by atoms with Gasteiger partial charge in [0.15, 0.2) is 0 Å². The first-order valence-electron chi connectivity index (χ1n) is 8.70. The van der Waals surface area contributed by atoms with Gasteiger partial charge in [0.05, 0.1) is 0 Å². The van der Waals surface area contributed by atoms with Crippen molar-refractivity contribution >= 4 is 5.69 Å². The Bertz CT molecular complexity index is 472. The number of hydrogen-bond donors (Lipinski definition) is 1. The summed E-state index contributed by atoms with van der Waals surface area (Å²) in [5, 5.41) is 3.54. The van der Waals surface area contributed by atoms with Gasteiger partial charge in [0.25, 0.3) is 0 Å². The molecule has 0 saturated heterocycles. The van der Waals surface area contributed by atoms with Crippen LogP contribution in [-0.2, 0) is 6.54 Å². The van der Waals surface area contributed by atoms with Gasteiger partial charge in [0.1, 0.15) is 0 Å². The fourth-order valence-corrected chi connectivity index (χ4v) is 3.06. The summed E-state index contributed by atoms with van der Waals surface area (Å²) < 4.78 is 0. The van der Waals surface area contributed by atoms with E-state index < -0.39 is 0 Å². The first-order chi connectivity index (χ1) is 10.1. The van der Waals surface area contributed by atoms with Crippen molar-refractivity contribution < 1.29 is 0 Å². The summed E-state index contributed by atoms with van der Waals surface area (Å²) in [6.45, 7) is 10.2. The lowest BCUT2D eigenvalue weighted by atomic mass is 10.1. The normalized spacial score (nSPS) is 18.3. The zero-order chi connectivity index (χ0) is 14.8. The molecule has 2 aliphatic rings. The van der Waals surface area contributed by atoms with Crippen LogP contribution in [0.15, 0.2) is 18.2 Å². The number of benzene rings is 1. The third-order valence-electron chi connectivity index (χ3n) is 4.59. The van der Waals surface area contributed by atoms with Crippen molar-refractivity contribution in [3.05, 3.63) is 29.3 Å². The van der Waals surface area contributed by atoms with Gasteiger partial charge in [-0.05, 0) is 68.2 Å². The molecule has 0 amide bonds. The molecule has 0 aliphatic heterocycles. The topological polar surface area (TPSA) is 15.3 Å². The van der Waals surface area contributed by atoms with E-state index in [1.165, 1.54) is 49.0 Å². The van der Waals surface area contributed by atoms with Crippen LogP contribution in [0.25, 0.3) is 0 Å². The molecule has 1 N–H and O–H groups in total. The van der Waals surface area contributed by atoms with Gasteiger partial charge in [-0.1, -0.05) is 26.0 Å². The van der Waals surface area contributed by atoms with Crippen LogP contribution in [0.2, 0.25) is 0 Å². The molecule has 116 valence electrons. The lowest BCUT2D eigenvalue weighted by Gasteiger charge is -2.27. The Morgan fingerprint density at radius 1 is 1.19 bits per heavy atom. The molecule has 1 aromatic rings. The summed E-state index contributed by atoms with van der Waals surface area (Å²) in [6.07, 6.45) is 5.67. The van der Waals surface area contributed by atoms with Gasteiger partial charge < -0.3 is 10.2 Å². The quantitative estimate of drug-likeness (QED) is 0.773. The molecular formula is C19H30N2. The fourth-order valence-electron chi connectivity index (χ4n) is 3.06. The van der Waals surface area contributed by atoms with Gasteiger partial charge in [-0.15, -0.1) is 0 Å². The van der Waals surface area contributed by atoms with Crippen molar-refractivity contribution in [2.45, 2.75) is 59.0 Å². The van der Waals surface area contributed by atoms with Crippen LogP contribution in [-0.4, -0.2) is 19.1 Å². The van der Waals surface area contributed by atoms with Crippen LogP contribution in [0.3, 0.4) is 0 Å². The van der Waals surface area contributed by atoms with Crippen LogP contribution in [0.1, 0.15) is 50.7 Å². The van der Waals surface area contributed by atoms with E-state index in [-0.39, 0.29) is 0 Å². The van der Waals surface area contributed by atoms with Gasteiger partial charge in [-0.3, -0.25) is 0 Å². The minimum Gasteiger partial charge on any atom is -0.368 e. The summed E-state index contributed by atoms with van der Waals surface area (Å²) >= 11 is 0. The van der Waals surface area contributed by atoms with E-state index in [1.807, 2.05) is 0 Å². The molecule has 2 heteroatoms. The van der Waals surface area contributed by atoms with E-state index in [0.717, 1.165) is 25.0 Å². The highest BCUT2D eigenvalue weighted by molar-refractivity contribution is 5.56. The minimum atomic E-state index is 0.717. The SMILES string of the molecule is Cc1cc(CNCC(C)C)ccc1N(CC1CC1)C1CC1. The number of anilines is 1. The maximum Gasteiger partial charge on any atom is 0.0398 e. The van der Waals surface area contributed by atoms with Gasteiger partial charge in [0.2, 0.25) is 0 Å². The van der Waals surface area contributed by atoms with Crippen molar-refractivity contribution in [1.29, 1.82) is 0 Å². The van der Waals surface area contributed by atoms with Crippen molar-refractivity contribution in [2.75, 3.05) is 18.0 Å². The smallest absolute Gasteiger partial charge is 0.0398 e. The first-order valence-corrected chi connectivity index (χ1v) is 8.70. The fraction of sp³-hybridized carbons (Fsp3) is 0.684. The second-order valence-corrected chi connectivity index (χ2v) is 7.47. The summed E-state index contributed by atoms with van der Waals surface area (Å²) in [6, 6.07) is 7.89. The minimum absolute atomic E-state index is 0.717. The van der Waals surface area contributed by atoms with E-state index in [9.17, 15) is 0 Å². The molecule has 0 bridgehead atoms. The van der Waals surface area contributed by atoms with Crippen LogP contribution in [0, 0.1) is 18.8 Å². The van der Waals surface area contributed by atoms with Crippen molar-refractivity contribution in [2.24, 2.45) is 11.8 Å². The highest BCUT2D eigenvalue weighted by Gasteiger charge is 2.34. The Morgan fingerprint density at radius 2 is 1.95 bits per heavy atom. The highest BCUT2D eigenvalue weighted by atomic mass is 15.2. The number of hydrogen-bond acceptors (Lipinski definition) is 2. The monoisotopic (exact) mass is 286 g/mol. The molecule has 21 heavy (non-hydrogen) atoms. The second-order valence-electron chi connectivity index (χ2n) is 7.47. The van der Waals surface area contributed by atoms with Crippen molar-refractivity contribution in [3.63, 3.8) is 0 Å². The van der Waals surface area contributed by atoms with E-state index in [2.05, 4.69) is 49.2 Å². The third kappa shape index (κ3) is 4.23. The number of nitrogens with one attached hydrogen (secondary N) is 1. The van der Waals surface area contributed by atoms with Gasteiger partial charge in [-0.25, -0.2) is 0 Å². The Kier molecular flexibility index (Phi) is 4.54. The average Bonchev–Trinajstić information content (AvgIpc) is 3.30. The van der Waals surface area contributed by atoms with E-state index in [1.54, 1.807) is 0 Å². The molecule has 2 fully saturated rings. The standard InChI is InChI=1S/C19H30N2/c1-14(2)11-20-12-17-6-9-19(15(3)10-17)21(18-7-8-18)13-16-4-5-16/h6,9-10,14,16,18,20H,4-5,7-8,11-13H2,1-3H3. The molecule has 0 unspecified atom stereocenters. The molecular weight excluding hydrogens is 256 g/mol. The van der Waals surface area contributed by atoms with Gasteiger partial charge in [0, 0.05) is 24.8 Å². The Morgan fingerprint density at radius 3 is 2.52 bits per heavy atom. The molecule has 0 spiro atoms. The van der Waals surface area contributed by atoms with E-state index >= 15 is 0 Å². The van der Waals surface area contributed by atoms with Crippen LogP contribution in [0.5, 0.6) is 0 Å². The maximum atomic E-state index is 3.54. The lowest BCUT2D eigenvalue weighted by Crippen LogP contribution is -2.28. The molecule has 0 heterocycles. The molecule has 2 aliphatic carbocycles. The van der Waals surface area contributed by atoms with Gasteiger partial charge >= 0.3 is 0 Å². The molecule has 2 nitrogen and oxygen atoms in total. The summed E-state index contributed by atoms with van der Waals surface area (Å²) in [5.41, 5.74) is 4.35. The van der Waals surface area contributed by atoms with E-state index in [0.29, 0.717) is 5.92 Å². The summed E-state index contributed by atoms with van der Waals surface area (Å²) in [4.78, 5) is 2.69. The molecule has 1 aromatic carbocycles. The first kappa shape index (κ1) is 14.9. The molecule has 2 saturated carbocycles. The third-order valence-corrected chi connectivity index (χ3v) is 4.59. The largest absolute Gasteiger partial charge is 0.368 e. The lowest BCUT2D eigenvalue weighted by molar-refractivity contribution is 0.552. The van der Waals surface area contributed by atoms with Crippen molar-refractivity contribution in [1.82, 2.24) is 5.32 Å². The van der Waals surface area contributed by atoms with Gasteiger partial charge in [-0.2, -0.15) is 0 Å². The predicted octanol–water partition coefficient (Wildman–Crippen LogP) is 4.12. The zero-order valence-electron chi connectivity index (χ0n) is 13.9. The Labute approximate surface area is 129 Å². The number of nitrogens with zero attached hydrogens (tertiary/aromatic N) is 1. The van der Waals surface area contributed by atoms with E-state index in [4.69, 9.17) is 0 Å². The number of aryl methyl sites for hydroxylation is 1. The van der Waals surface area contributed by atoms with Crippen LogP contribution >= 0.6 is 0 Å². The predicted molar refractivity (Wildman–Crippen MR) is 90.8 cm³/mol. The Hall–Kier alpha value is -1.02. The molecule has 0 atom stereocenters. The average molecular weight is 286 g/mol. The maximum absolute atomic E-state index is 3.54. The Balaban J connectivity index is 1.64. The second kappa shape index (κ2) is 6.39. The molecule has 0 radical (unpaired) electrons. The number of rotatable bonds is 8. The van der Waals surface area contributed by atoms with Crippen LogP contribution in [0.4, 0.5) is 5.69 Å². The summed E-state index contributed by atoms with van der Waals surface area (Å²) in [5.74, 6) is 1.69.